The lowest BCUT2D eigenvalue weighted by Crippen LogP contribution is -2.05. The van der Waals surface area contributed by atoms with Crippen LogP contribution in [0.25, 0.3) is 0 Å². The summed E-state index contributed by atoms with van der Waals surface area (Å²) in [6.45, 7) is 0. The van der Waals surface area contributed by atoms with Crippen LogP contribution in [0.4, 0.5) is 0 Å². The van der Waals surface area contributed by atoms with Gasteiger partial charge in [0.25, 0.3) is 0 Å². The van der Waals surface area contributed by atoms with Crippen LogP contribution < -0.4 is 5.30 Å². The fraction of sp³-hybridized carbons (Fsp3) is 0.143. The van der Waals surface area contributed by atoms with Crippen molar-refractivity contribution in [2.24, 2.45) is 0 Å². The summed E-state index contributed by atoms with van der Waals surface area (Å²) in [4.78, 5) is 14.7. The predicted molar refractivity (Wildman–Crippen MR) is 44.9 cm³/mol. The van der Waals surface area contributed by atoms with Crippen molar-refractivity contribution in [2.45, 2.75) is 0 Å². The van der Waals surface area contributed by atoms with Gasteiger partial charge in [0.1, 0.15) is 5.69 Å². The Hall–Kier alpha value is -0.950. The van der Waals surface area contributed by atoms with Crippen molar-refractivity contribution in [1.82, 2.24) is 4.98 Å². The molecule has 11 heavy (non-hydrogen) atoms. The van der Waals surface area contributed by atoms with Crippen molar-refractivity contribution >= 4 is 20.5 Å². The molecule has 0 N–H and O–H groups in total. The largest absolute Gasteiger partial charge is 0.464 e. The Morgan fingerprint density at radius 1 is 1.64 bits per heavy atom. The lowest BCUT2D eigenvalue weighted by atomic mass is 10.3. The Morgan fingerprint density at radius 2 is 2.36 bits per heavy atom. The van der Waals surface area contributed by atoms with E-state index in [1.807, 2.05) is 0 Å². The molecule has 0 aliphatic rings. The molecule has 1 unspecified atom stereocenters. The quantitative estimate of drug-likeness (QED) is 0.450. The molecule has 0 aliphatic carbocycles. The number of ether oxygens (including phenoxy) is 1. The van der Waals surface area contributed by atoms with Crippen molar-refractivity contribution in [2.75, 3.05) is 7.11 Å². The smallest absolute Gasteiger partial charge is 0.356 e. The second-order valence-corrected chi connectivity index (χ2v) is 2.64. The van der Waals surface area contributed by atoms with E-state index in [1.165, 1.54) is 7.11 Å². The Kier molecular flexibility index (Phi) is 2.55. The number of rotatable bonds is 1. The van der Waals surface area contributed by atoms with Crippen molar-refractivity contribution in [3.05, 3.63) is 24.0 Å². The van der Waals surface area contributed by atoms with E-state index in [2.05, 4.69) is 19.0 Å². The maximum Gasteiger partial charge on any atom is 0.356 e. The van der Waals surface area contributed by atoms with Crippen LogP contribution in [-0.4, -0.2) is 18.1 Å². The molecule has 1 rings (SSSR count). The van der Waals surface area contributed by atoms with Crippen molar-refractivity contribution in [1.29, 1.82) is 0 Å². The van der Waals surface area contributed by atoms with Crippen LogP contribution in [0.15, 0.2) is 18.3 Å². The molecule has 0 saturated carbocycles. The minimum absolute atomic E-state index is 0.332. The number of pyridine rings is 1. The number of methoxy groups -OCH3 is 1. The molecule has 1 aromatic heterocycles. The van der Waals surface area contributed by atoms with Crippen LogP contribution in [0.2, 0.25) is 0 Å². The standard InChI is InChI=1S/C7H8NO2P/c1-10-7(9)6-3-2-5(11)4-8-6/h2-4H,11H2,1H3. The topological polar surface area (TPSA) is 39.2 Å². The molecule has 1 atom stereocenters. The molecule has 58 valence electrons. The summed E-state index contributed by atoms with van der Waals surface area (Å²) >= 11 is 0. The predicted octanol–water partition coefficient (Wildman–Crippen LogP) is 0.369. The van der Waals surface area contributed by atoms with E-state index in [0.717, 1.165) is 5.30 Å². The molecule has 1 heterocycles. The van der Waals surface area contributed by atoms with E-state index >= 15 is 0 Å². The average Bonchev–Trinajstić information content (AvgIpc) is 2.05. The van der Waals surface area contributed by atoms with E-state index < -0.39 is 5.97 Å². The van der Waals surface area contributed by atoms with Crippen LogP contribution in [0.3, 0.4) is 0 Å². The number of aromatic nitrogens is 1. The third-order valence-electron chi connectivity index (χ3n) is 1.18. The van der Waals surface area contributed by atoms with Gasteiger partial charge in [0.05, 0.1) is 7.11 Å². The van der Waals surface area contributed by atoms with E-state index in [-0.39, 0.29) is 0 Å². The first kappa shape index (κ1) is 8.15. The van der Waals surface area contributed by atoms with E-state index in [0.29, 0.717) is 5.69 Å². The van der Waals surface area contributed by atoms with Crippen LogP contribution >= 0.6 is 9.24 Å². The monoisotopic (exact) mass is 169 g/mol. The number of carbonyl (C=O) groups is 1. The molecule has 0 saturated heterocycles. The highest BCUT2D eigenvalue weighted by Gasteiger charge is 2.04. The summed E-state index contributed by atoms with van der Waals surface area (Å²) in [5.41, 5.74) is 0.332. The lowest BCUT2D eigenvalue weighted by molar-refractivity contribution is 0.0594. The Bertz CT molecular complexity index is 258. The molecular weight excluding hydrogens is 161 g/mol. The maximum absolute atomic E-state index is 10.8. The SMILES string of the molecule is COC(=O)c1ccc(P)cn1. The Morgan fingerprint density at radius 3 is 2.82 bits per heavy atom. The molecule has 0 spiro atoms. The number of nitrogens with zero attached hydrogens (tertiary/aromatic N) is 1. The lowest BCUT2D eigenvalue weighted by Gasteiger charge is -1.96. The summed E-state index contributed by atoms with van der Waals surface area (Å²) in [5.74, 6) is -0.407. The summed E-state index contributed by atoms with van der Waals surface area (Å²) in [6, 6.07) is 3.40. The highest BCUT2D eigenvalue weighted by atomic mass is 31.0. The van der Waals surface area contributed by atoms with Gasteiger partial charge in [-0.2, -0.15) is 0 Å². The van der Waals surface area contributed by atoms with E-state index in [9.17, 15) is 4.79 Å². The molecule has 4 heteroatoms. The molecule has 1 aromatic rings. The third-order valence-corrected chi connectivity index (χ3v) is 1.52. The number of carbonyl (C=O) groups excluding carboxylic acids is 1. The Labute approximate surface area is 67.0 Å². The van der Waals surface area contributed by atoms with E-state index in [1.54, 1.807) is 18.3 Å². The second-order valence-electron chi connectivity index (χ2n) is 1.97. The zero-order valence-corrected chi connectivity index (χ0v) is 7.23. The van der Waals surface area contributed by atoms with Gasteiger partial charge in [-0.1, -0.05) is 6.07 Å². The molecule has 0 fully saturated rings. The van der Waals surface area contributed by atoms with Gasteiger partial charge in [-0.15, -0.1) is 9.24 Å². The van der Waals surface area contributed by atoms with Gasteiger partial charge < -0.3 is 4.74 Å². The number of hydrogen-bond acceptors (Lipinski definition) is 3. The van der Waals surface area contributed by atoms with Gasteiger partial charge >= 0.3 is 5.97 Å². The molecule has 0 aliphatic heterocycles. The summed E-state index contributed by atoms with van der Waals surface area (Å²) < 4.78 is 4.47. The Balaban J connectivity index is 2.90. The molecule has 3 nitrogen and oxygen atoms in total. The summed E-state index contributed by atoms with van der Waals surface area (Å²) in [7, 11) is 3.82. The molecule has 0 bridgehead atoms. The first-order chi connectivity index (χ1) is 5.24. The molecule has 0 amide bonds. The highest BCUT2D eigenvalue weighted by molar-refractivity contribution is 7.27. The van der Waals surface area contributed by atoms with Gasteiger partial charge in [0.15, 0.2) is 0 Å². The third kappa shape index (κ3) is 1.99. The fourth-order valence-corrected chi connectivity index (χ4v) is 0.801. The van der Waals surface area contributed by atoms with Crippen LogP contribution in [0.1, 0.15) is 10.5 Å². The fourth-order valence-electron chi connectivity index (χ4n) is 0.631. The number of hydrogen-bond donors (Lipinski definition) is 0. The summed E-state index contributed by atoms with van der Waals surface area (Å²) in [5, 5.41) is 0.942. The normalized spacial score (nSPS) is 9.27. The summed E-state index contributed by atoms with van der Waals surface area (Å²) in [6.07, 6.45) is 1.59. The second kappa shape index (κ2) is 3.44. The van der Waals surface area contributed by atoms with Crippen LogP contribution in [-0.2, 0) is 4.74 Å². The minimum Gasteiger partial charge on any atom is -0.464 e. The molecule has 0 aromatic carbocycles. The first-order valence-corrected chi connectivity index (χ1v) is 3.61. The van der Waals surface area contributed by atoms with Crippen molar-refractivity contribution in [3.8, 4) is 0 Å². The van der Waals surface area contributed by atoms with Gasteiger partial charge in [-0.05, 0) is 11.4 Å². The van der Waals surface area contributed by atoms with Gasteiger partial charge in [0.2, 0.25) is 0 Å². The van der Waals surface area contributed by atoms with Gasteiger partial charge in [0, 0.05) is 6.20 Å². The molecular formula is C7H8NO2P. The minimum atomic E-state index is -0.407. The van der Waals surface area contributed by atoms with Crippen molar-refractivity contribution < 1.29 is 9.53 Å². The number of esters is 1. The maximum atomic E-state index is 10.8. The van der Waals surface area contributed by atoms with Gasteiger partial charge in [-0.25, -0.2) is 9.78 Å². The zero-order valence-electron chi connectivity index (χ0n) is 6.07. The highest BCUT2D eigenvalue weighted by Crippen LogP contribution is 1.95. The zero-order chi connectivity index (χ0) is 8.27. The van der Waals surface area contributed by atoms with Crippen LogP contribution in [0, 0.1) is 0 Å². The first-order valence-electron chi connectivity index (χ1n) is 3.04. The average molecular weight is 169 g/mol. The van der Waals surface area contributed by atoms with Crippen LogP contribution in [0.5, 0.6) is 0 Å². The molecule has 0 radical (unpaired) electrons. The van der Waals surface area contributed by atoms with Crippen molar-refractivity contribution in [3.63, 3.8) is 0 Å². The van der Waals surface area contributed by atoms with Gasteiger partial charge in [-0.3, -0.25) is 0 Å². The van der Waals surface area contributed by atoms with E-state index in [4.69, 9.17) is 0 Å².